The van der Waals surface area contributed by atoms with E-state index in [4.69, 9.17) is 0 Å². The molecule has 0 unspecified atom stereocenters. The van der Waals surface area contributed by atoms with Gasteiger partial charge in [-0.2, -0.15) is 12.5 Å². The summed E-state index contributed by atoms with van der Waals surface area (Å²) in [5.41, 5.74) is -1.22. The van der Waals surface area contributed by atoms with Crippen molar-refractivity contribution in [1.82, 2.24) is 18.3 Å². The van der Waals surface area contributed by atoms with Crippen LogP contribution >= 0.6 is 0 Å². The topological polar surface area (TPSA) is 96.0 Å². The van der Waals surface area contributed by atoms with Gasteiger partial charge in [-0.1, -0.05) is 6.07 Å². The molecule has 0 N–H and O–H groups in total. The summed E-state index contributed by atoms with van der Waals surface area (Å²) >= 11 is 0. The number of rotatable bonds is 4. The Morgan fingerprint density at radius 2 is 1.67 bits per heavy atom. The number of benzene rings is 1. The average Bonchev–Trinajstić information content (AvgIpc) is 3.00. The van der Waals surface area contributed by atoms with E-state index in [-0.39, 0.29) is 22.0 Å². The standard InChI is InChI=1S/C17H19FN4O4S/c1-10(2)21-15-14(16(23)22(11(3)4)17(21)24)9-20(19-15)27(25,26)13-7-5-6-12(18)8-13/h5-11H,1-4H3. The van der Waals surface area contributed by atoms with Crippen molar-refractivity contribution in [2.24, 2.45) is 0 Å². The number of fused-ring (bicyclic) bond motifs is 1. The van der Waals surface area contributed by atoms with E-state index in [2.05, 4.69) is 5.10 Å². The maximum atomic E-state index is 13.5. The predicted octanol–water partition coefficient (Wildman–Crippen LogP) is 1.90. The normalized spacial score (nSPS) is 12.4. The molecule has 0 saturated carbocycles. The van der Waals surface area contributed by atoms with Crippen LogP contribution in [0.5, 0.6) is 0 Å². The second-order valence-electron chi connectivity index (χ2n) is 6.72. The molecule has 0 bridgehead atoms. The Balaban J connectivity index is 2.39. The van der Waals surface area contributed by atoms with Crippen LogP contribution in [-0.2, 0) is 10.0 Å². The van der Waals surface area contributed by atoms with Crippen molar-refractivity contribution in [2.75, 3.05) is 0 Å². The number of nitrogens with zero attached hydrogens (tertiary/aromatic N) is 4. The van der Waals surface area contributed by atoms with Crippen LogP contribution in [0.25, 0.3) is 11.0 Å². The molecule has 0 spiro atoms. The van der Waals surface area contributed by atoms with Crippen LogP contribution in [0.3, 0.4) is 0 Å². The first kappa shape index (κ1) is 19.0. The quantitative estimate of drug-likeness (QED) is 0.673. The molecule has 144 valence electrons. The zero-order valence-corrected chi connectivity index (χ0v) is 16.1. The molecule has 0 atom stereocenters. The van der Waals surface area contributed by atoms with Crippen LogP contribution in [0.4, 0.5) is 4.39 Å². The van der Waals surface area contributed by atoms with E-state index in [9.17, 15) is 22.4 Å². The summed E-state index contributed by atoms with van der Waals surface area (Å²) in [7, 11) is -4.23. The van der Waals surface area contributed by atoms with Crippen molar-refractivity contribution in [3.8, 4) is 0 Å². The van der Waals surface area contributed by atoms with Crippen molar-refractivity contribution in [3.05, 3.63) is 57.1 Å². The first-order valence-electron chi connectivity index (χ1n) is 8.33. The predicted molar refractivity (Wildman–Crippen MR) is 98.0 cm³/mol. The summed E-state index contributed by atoms with van der Waals surface area (Å²) in [5.74, 6) is -0.714. The van der Waals surface area contributed by atoms with E-state index in [1.54, 1.807) is 27.7 Å². The second kappa shape index (κ2) is 6.45. The van der Waals surface area contributed by atoms with Gasteiger partial charge in [0.15, 0.2) is 5.65 Å². The van der Waals surface area contributed by atoms with Crippen molar-refractivity contribution >= 4 is 21.1 Å². The Morgan fingerprint density at radius 1 is 1.04 bits per heavy atom. The van der Waals surface area contributed by atoms with E-state index >= 15 is 0 Å². The first-order chi connectivity index (χ1) is 12.6. The zero-order valence-electron chi connectivity index (χ0n) is 15.2. The summed E-state index contributed by atoms with van der Waals surface area (Å²) in [6, 6.07) is 3.71. The molecular formula is C17H19FN4O4S. The van der Waals surface area contributed by atoms with E-state index in [1.807, 2.05) is 0 Å². The summed E-state index contributed by atoms with van der Waals surface area (Å²) in [6.45, 7) is 6.84. The van der Waals surface area contributed by atoms with Gasteiger partial charge in [0.05, 0.1) is 11.1 Å². The second-order valence-corrected chi connectivity index (χ2v) is 8.51. The van der Waals surface area contributed by atoms with Crippen molar-refractivity contribution in [3.63, 3.8) is 0 Å². The zero-order chi connectivity index (χ0) is 20.1. The van der Waals surface area contributed by atoms with Gasteiger partial charge < -0.3 is 0 Å². The summed E-state index contributed by atoms with van der Waals surface area (Å²) in [5, 5.41) is 3.99. The van der Waals surface area contributed by atoms with Crippen LogP contribution in [0.15, 0.2) is 44.9 Å². The van der Waals surface area contributed by atoms with E-state index in [1.165, 1.54) is 16.7 Å². The molecule has 0 radical (unpaired) electrons. The number of hydrogen-bond donors (Lipinski definition) is 0. The molecule has 27 heavy (non-hydrogen) atoms. The van der Waals surface area contributed by atoms with Gasteiger partial charge >= 0.3 is 5.69 Å². The molecule has 0 amide bonds. The van der Waals surface area contributed by atoms with Crippen LogP contribution in [0.2, 0.25) is 0 Å². The minimum Gasteiger partial charge on any atom is -0.273 e. The van der Waals surface area contributed by atoms with Gasteiger partial charge in [-0.05, 0) is 45.9 Å². The monoisotopic (exact) mass is 394 g/mol. The van der Waals surface area contributed by atoms with E-state index in [0.717, 1.165) is 22.9 Å². The lowest BCUT2D eigenvalue weighted by Gasteiger charge is -2.15. The Kier molecular flexibility index (Phi) is 4.54. The molecule has 0 fully saturated rings. The molecule has 0 aliphatic rings. The molecule has 0 saturated heterocycles. The fourth-order valence-electron chi connectivity index (χ4n) is 2.88. The lowest BCUT2D eigenvalue weighted by atomic mass is 10.3. The largest absolute Gasteiger partial charge is 0.333 e. The van der Waals surface area contributed by atoms with Gasteiger partial charge in [0, 0.05) is 12.1 Å². The van der Waals surface area contributed by atoms with Crippen LogP contribution < -0.4 is 11.2 Å². The van der Waals surface area contributed by atoms with E-state index in [0.29, 0.717) is 4.09 Å². The van der Waals surface area contributed by atoms with Crippen LogP contribution in [0, 0.1) is 5.82 Å². The third-order valence-corrected chi connectivity index (χ3v) is 5.67. The minimum absolute atomic E-state index is 0.00280. The molecule has 10 heteroatoms. The molecule has 8 nitrogen and oxygen atoms in total. The fourth-order valence-corrected chi connectivity index (χ4v) is 4.03. The van der Waals surface area contributed by atoms with Gasteiger partial charge in [0.2, 0.25) is 0 Å². The highest BCUT2D eigenvalue weighted by atomic mass is 32.2. The summed E-state index contributed by atoms with van der Waals surface area (Å²) in [4.78, 5) is 25.2. The third kappa shape index (κ3) is 2.99. The summed E-state index contributed by atoms with van der Waals surface area (Å²) in [6.07, 6.45) is 1.06. The Hall–Kier alpha value is -2.75. The van der Waals surface area contributed by atoms with Crippen molar-refractivity contribution in [2.45, 2.75) is 44.7 Å². The lowest BCUT2D eigenvalue weighted by molar-refractivity contribution is 0.486. The SMILES string of the molecule is CC(C)n1c(=O)c2cn(S(=O)(=O)c3cccc(F)c3)nc2n(C(C)C)c1=O. The molecule has 2 aromatic heterocycles. The number of halogens is 1. The lowest BCUT2D eigenvalue weighted by Crippen LogP contribution is -2.41. The van der Waals surface area contributed by atoms with E-state index < -0.39 is 33.1 Å². The van der Waals surface area contributed by atoms with Crippen molar-refractivity contribution in [1.29, 1.82) is 0 Å². The molecule has 3 rings (SSSR count). The third-order valence-electron chi connectivity index (χ3n) is 4.14. The van der Waals surface area contributed by atoms with Gasteiger partial charge in [0.25, 0.3) is 15.6 Å². The molecule has 3 aromatic rings. The van der Waals surface area contributed by atoms with Gasteiger partial charge in [-0.15, -0.1) is 5.10 Å². The van der Waals surface area contributed by atoms with Gasteiger partial charge in [-0.3, -0.25) is 13.9 Å². The maximum absolute atomic E-state index is 13.5. The fraction of sp³-hybridized carbons (Fsp3) is 0.353. The van der Waals surface area contributed by atoms with Crippen LogP contribution in [-0.4, -0.2) is 26.7 Å². The highest BCUT2D eigenvalue weighted by Gasteiger charge is 2.24. The minimum atomic E-state index is -4.23. The Labute approximate surface area is 154 Å². The maximum Gasteiger partial charge on any atom is 0.333 e. The van der Waals surface area contributed by atoms with Gasteiger partial charge in [-0.25, -0.2) is 9.18 Å². The Bertz CT molecular complexity index is 1250. The van der Waals surface area contributed by atoms with Crippen LogP contribution in [0.1, 0.15) is 39.8 Å². The smallest absolute Gasteiger partial charge is 0.273 e. The first-order valence-corrected chi connectivity index (χ1v) is 9.77. The molecule has 0 aliphatic heterocycles. The van der Waals surface area contributed by atoms with Gasteiger partial charge in [0.1, 0.15) is 11.2 Å². The highest BCUT2D eigenvalue weighted by molar-refractivity contribution is 7.89. The summed E-state index contributed by atoms with van der Waals surface area (Å²) < 4.78 is 42.0. The number of hydrogen-bond acceptors (Lipinski definition) is 5. The molecule has 1 aromatic carbocycles. The molecule has 2 heterocycles. The average molecular weight is 394 g/mol. The molecule has 0 aliphatic carbocycles. The Morgan fingerprint density at radius 3 is 2.22 bits per heavy atom. The number of aromatic nitrogens is 4. The van der Waals surface area contributed by atoms with Crippen molar-refractivity contribution < 1.29 is 12.8 Å². The highest BCUT2D eigenvalue weighted by Crippen LogP contribution is 2.18. The molecular weight excluding hydrogens is 375 g/mol.